The van der Waals surface area contributed by atoms with Crippen LogP contribution in [0.1, 0.15) is 26.6 Å². The summed E-state index contributed by atoms with van der Waals surface area (Å²) in [4.78, 5) is 22.0. The van der Waals surface area contributed by atoms with Gasteiger partial charge in [0, 0.05) is 29.3 Å². The van der Waals surface area contributed by atoms with E-state index in [2.05, 4.69) is 20.4 Å². The maximum Gasteiger partial charge on any atom is 0.278 e. The number of anilines is 1. The molecule has 26 heavy (non-hydrogen) atoms. The van der Waals surface area contributed by atoms with E-state index in [1.165, 1.54) is 11.3 Å². The monoisotopic (exact) mass is 389 g/mol. The number of carbonyl (C=O) groups is 1. The Morgan fingerprint density at radius 1 is 1.31 bits per heavy atom. The van der Waals surface area contributed by atoms with Gasteiger partial charge in [-0.15, -0.1) is 11.3 Å². The third kappa shape index (κ3) is 3.13. The van der Waals surface area contributed by atoms with Crippen LogP contribution in [-0.2, 0) is 22.0 Å². The number of pyridine rings is 1. The molecule has 0 atom stereocenters. The first-order valence-electron chi connectivity index (χ1n) is 7.89. The van der Waals surface area contributed by atoms with Crippen molar-refractivity contribution in [2.75, 3.05) is 11.1 Å². The predicted molar refractivity (Wildman–Crippen MR) is 97.4 cm³/mol. The van der Waals surface area contributed by atoms with Crippen LogP contribution in [0, 0.1) is 6.92 Å². The smallest absolute Gasteiger partial charge is 0.278 e. The Morgan fingerprint density at radius 3 is 2.85 bits per heavy atom. The van der Waals surface area contributed by atoms with Crippen molar-refractivity contribution in [2.45, 2.75) is 19.1 Å². The van der Waals surface area contributed by atoms with Gasteiger partial charge in [-0.1, -0.05) is 6.07 Å². The average Bonchev–Trinajstić information content (AvgIpc) is 3.18. The quantitative estimate of drug-likeness (QED) is 0.731. The molecule has 0 aliphatic carbocycles. The molecule has 0 radical (unpaired) electrons. The Balaban J connectivity index is 1.79. The van der Waals surface area contributed by atoms with Crippen molar-refractivity contribution in [3.63, 3.8) is 0 Å². The number of aromatic nitrogens is 4. The van der Waals surface area contributed by atoms with Crippen molar-refractivity contribution in [1.29, 1.82) is 0 Å². The molecule has 0 spiro atoms. The molecule has 3 aromatic rings. The van der Waals surface area contributed by atoms with Gasteiger partial charge in [0.1, 0.15) is 0 Å². The Morgan fingerprint density at radius 2 is 2.15 bits per heavy atom. The number of hydrogen-bond acceptors (Lipinski definition) is 7. The second-order valence-electron chi connectivity index (χ2n) is 5.95. The highest BCUT2D eigenvalue weighted by molar-refractivity contribution is 7.90. The molecule has 1 amide bonds. The topological polar surface area (TPSA) is 107 Å². The summed E-state index contributed by atoms with van der Waals surface area (Å²) in [6.45, 7) is 1.89. The largest absolute Gasteiger partial charge is 0.296 e. The lowest BCUT2D eigenvalue weighted by atomic mass is 10.1. The summed E-state index contributed by atoms with van der Waals surface area (Å²) in [5, 5.41) is 7.53. The molecule has 0 fully saturated rings. The van der Waals surface area contributed by atoms with Gasteiger partial charge in [0.15, 0.2) is 26.5 Å². The third-order valence-corrected chi connectivity index (χ3v) is 6.41. The summed E-state index contributed by atoms with van der Waals surface area (Å²) in [6.07, 6.45) is 3.58. The highest BCUT2D eigenvalue weighted by Gasteiger charge is 2.32. The number of amides is 1. The van der Waals surface area contributed by atoms with Gasteiger partial charge in [-0.05, 0) is 19.1 Å². The van der Waals surface area contributed by atoms with Gasteiger partial charge >= 0.3 is 0 Å². The first kappa shape index (κ1) is 16.9. The minimum absolute atomic E-state index is 0.0330. The van der Waals surface area contributed by atoms with E-state index in [9.17, 15) is 13.2 Å². The number of thiazole rings is 1. The Labute approximate surface area is 153 Å². The van der Waals surface area contributed by atoms with Gasteiger partial charge in [0.25, 0.3) is 5.91 Å². The van der Waals surface area contributed by atoms with Gasteiger partial charge in [-0.3, -0.25) is 10.1 Å². The number of carbonyl (C=O) groups excluding carboxylic acids is 1. The van der Waals surface area contributed by atoms with E-state index in [1.807, 2.05) is 13.0 Å². The summed E-state index contributed by atoms with van der Waals surface area (Å²) in [7, 11) is -3.26. The molecule has 1 N–H and O–H groups in total. The van der Waals surface area contributed by atoms with E-state index in [1.54, 1.807) is 29.2 Å². The lowest BCUT2D eigenvalue weighted by Gasteiger charge is -2.14. The molecular weight excluding hydrogens is 374 g/mol. The number of nitrogens with one attached hydrogen (secondary N) is 1. The van der Waals surface area contributed by atoms with Gasteiger partial charge in [-0.2, -0.15) is 5.10 Å². The molecule has 134 valence electrons. The zero-order valence-corrected chi connectivity index (χ0v) is 15.5. The average molecular weight is 389 g/mol. The minimum Gasteiger partial charge on any atom is -0.296 e. The Kier molecular flexibility index (Phi) is 4.08. The molecule has 0 aromatic carbocycles. The number of rotatable bonds is 3. The van der Waals surface area contributed by atoms with Crippen LogP contribution in [0.4, 0.5) is 5.13 Å². The van der Waals surface area contributed by atoms with Crippen LogP contribution in [0.3, 0.4) is 0 Å². The van der Waals surface area contributed by atoms with Gasteiger partial charge in [0.2, 0.25) is 0 Å². The number of sulfone groups is 1. The molecule has 1 aliphatic rings. The van der Waals surface area contributed by atoms with Gasteiger partial charge in [-0.25, -0.2) is 23.1 Å². The molecule has 8 nitrogen and oxygen atoms in total. The molecule has 1 aliphatic heterocycles. The maximum atomic E-state index is 12.7. The number of hydrogen-bond donors (Lipinski definition) is 1. The highest BCUT2D eigenvalue weighted by Crippen LogP contribution is 2.27. The summed E-state index contributed by atoms with van der Waals surface area (Å²) in [6, 6.07) is 5.36. The molecule has 0 saturated heterocycles. The Hall–Kier alpha value is -2.59. The van der Waals surface area contributed by atoms with Crippen LogP contribution in [0.15, 0.2) is 30.6 Å². The number of fused-ring (bicyclic) bond motifs is 1. The first-order valence-corrected chi connectivity index (χ1v) is 10.5. The van der Waals surface area contributed by atoms with Crippen molar-refractivity contribution in [3.05, 3.63) is 52.4 Å². The summed E-state index contributed by atoms with van der Waals surface area (Å²) >= 11 is 1.34. The minimum atomic E-state index is -3.26. The number of nitrogens with zero attached hydrogens (tertiary/aromatic N) is 4. The first-order chi connectivity index (χ1) is 12.4. The molecular formula is C16H15N5O3S2. The van der Waals surface area contributed by atoms with E-state index < -0.39 is 15.7 Å². The van der Waals surface area contributed by atoms with Crippen LogP contribution >= 0.6 is 11.3 Å². The fourth-order valence-corrected chi connectivity index (χ4v) is 4.91. The van der Waals surface area contributed by atoms with Crippen molar-refractivity contribution < 1.29 is 13.2 Å². The molecule has 3 aromatic heterocycles. The second kappa shape index (κ2) is 6.29. The number of aryl methyl sites for hydroxylation is 1. The summed E-state index contributed by atoms with van der Waals surface area (Å²) in [5.41, 5.74) is 1.24. The maximum absolute atomic E-state index is 12.7. The molecule has 4 heterocycles. The molecule has 10 heteroatoms. The van der Waals surface area contributed by atoms with E-state index >= 15 is 0 Å². The zero-order chi connectivity index (χ0) is 18.3. The molecule has 4 rings (SSSR count). The standard InChI is InChI=1S/C16H15N5O3S2/c1-10-8-18-16(25-10)19-15(22)14-11-9-26(23,24)7-5-12(11)21(20-14)13-4-2-3-6-17-13/h2-4,6,8H,5,7,9H2,1H3,(H,18,19,22). The molecule has 0 unspecified atom stereocenters. The zero-order valence-electron chi connectivity index (χ0n) is 13.8. The molecule has 0 saturated carbocycles. The predicted octanol–water partition coefficient (Wildman–Crippen LogP) is 1.76. The van der Waals surface area contributed by atoms with Crippen LogP contribution in [0.5, 0.6) is 0 Å². The lowest BCUT2D eigenvalue weighted by molar-refractivity contribution is 0.102. The van der Waals surface area contributed by atoms with Gasteiger partial charge < -0.3 is 0 Å². The fourth-order valence-electron chi connectivity index (χ4n) is 2.86. The fraction of sp³-hybridized carbons (Fsp3) is 0.250. The summed E-state index contributed by atoms with van der Waals surface area (Å²) < 4.78 is 25.8. The SMILES string of the molecule is Cc1cnc(NC(=O)c2nn(-c3ccccn3)c3c2CS(=O)(=O)CC3)s1. The van der Waals surface area contributed by atoms with Crippen LogP contribution in [-0.4, -0.2) is 39.8 Å². The van der Waals surface area contributed by atoms with E-state index in [-0.39, 0.29) is 17.2 Å². The lowest BCUT2D eigenvalue weighted by Crippen LogP contribution is -2.22. The van der Waals surface area contributed by atoms with Crippen molar-refractivity contribution in [2.24, 2.45) is 0 Å². The van der Waals surface area contributed by atoms with Crippen LogP contribution in [0.2, 0.25) is 0 Å². The normalized spacial score (nSPS) is 15.4. The van der Waals surface area contributed by atoms with E-state index in [0.717, 1.165) is 4.88 Å². The highest BCUT2D eigenvalue weighted by atomic mass is 32.2. The summed E-state index contributed by atoms with van der Waals surface area (Å²) in [5.74, 6) is -0.0883. The van der Waals surface area contributed by atoms with Crippen molar-refractivity contribution in [1.82, 2.24) is 19.7 Å². The van der Waals surface area contributed by atoms with Crippen molar-refractivity contribution >= 4 is 32.2 Å². The molecule has 0 bridgehead atoms. The van der Waals surface area contributed by atoms with E-state index in [0.29, 0.717) is 28.6 Å². The third-order valence-electron chi connectivity index (χ3n) is 4.03. The van der Waals surface area contributed by atoms with Gasteiger partial charge in [0.05, 0.1) is 17.2 Å². The van der Waals surface area contributed by atoms with Crippen LogP contribution < -0.4 is 5.32 Å². The Bertz CT molecular complexity index is 1090. The van der Waals surface area contributed by atoms with Crippen molar-refractivity contribution in [3.8, 4) is 5.82 Å². The van der Waals surface area contributed by atoms with E-state index in [4.69, 9.17) is 0 Å². The van der Waals surface area contributed by atoms with Crippen LogP contribution in [0.25, 0.3) is 5.82 Å². The second-order valence-corrected chi connectivity index (χ2v) is 9.36.